The minimum atomic E-state index is -0.968. The molecule has 0 aliphatic carbocycles. The second-order valence-corrected chi connectivity index (χ2v) is 4.44. The molecule has 0 atom stereocenters. The lowest BCUT2D eigenvalue weighted by Crippen LogP contribution is -2.04. The molecule has 0 unspecified atom stereocenters. The predicted octanol–water partition coefficient (Wildman–Crippen LogP) is 2.33. The number of hydrogen-bond donors (Lipinski definition) is 1. The van der Waals surface area contributed by atoms with E-state index >= 15 is 0 Å². The largest absolute Gasteiger partial charge is 0.478 e. The molecule has 0 saturated heterocycles. The number of carboxylic acid groups (broad SMARTS) is 1. The Hall–Kier alpha value is -2.63. The van der Waals surface area contributed by atoms with Gasteiger partial charge in [-0.1, -0.05) is 18.1 Å². The monoisotopic (exact) mass is 271 g/mol. The molecule has 0 radical (unpaired) electrons. The number of aromatic nitrogens is 3. The van der Waals surface area contributed by atoms with Crippen molar-refractivity contribution in [2.75, 3.05) is 0 Å². The molecule has 0 saturated carbocycles. The van der Waals surface area contributed by atoms with Crippen molar-refractivity contribution in [1.29, 1.82) is 0 Å². The van der Waals surface area contributed by atoms with Crippen LogP contribution in [0.2, 0.25) is 0 Å². The average molecular weight is 271 g/mol. The van der Waals surface area contributed by atoms with Crippen LogP contribution in [-0.2, 0) is 13.0 Å². The Labute approximate surface area is 114 Å². The van der Waals surface area contributed by atoms with Crippen molar-refractivity contribution in [2.45, 2.75) is 19.9 Å². The molecule has 6 nitrogen and oxygen atoms in total. The van der Waals surface area contributed by atoms with E-state index in [9.17, 15) is 9.90 Å². The van der Waals surface area contributed by atoms with Crippen LogP contribution in [0.25, 0.3) is 11.0 Å². The van der Waals surface area contributed by atoms with Crippen molar-refractivity contribution in [2.24, 2.45) is 0 Å². The van der Waals surface area contributed by atoms with Crippen LogP contribution in [0, 0.1) is 0 Å². The van der Waals surface area contributed by atoms with Gasteiger partial charge in [-0.2, -0.15) is 0 Å². The van der Waals surface area contributed by atoms with Crippen molar-refractivity contribution < 1.29 is 14.4 Å². The standard InChI is InChI=1S/C14H13N3O3/c1-2-12-15-13-10(14(18)19)4-3-5-11(13)17(12)8-9-6-7-20-16-9/h3-7H,2,8H2,1H3,(H,18,19). The lowest BCUT2D eigenvalue weighted by atomic mass is 10.2. The smallest absolute Gasteiger partial charge is 0.337 e. The minimum Gasteiger partial charge on any atom is -0.478 e. The van der Waals surface area contributed by atoms with Crippen LogP contribution >= 0.6 is 0 Å². The fourth-order valence-corrected chi connectivity index (χ4v) is 2.30. The van der Waals surface area contributed by atoms with Crippen LogP contribution < -0.4 is 0 Å². The lowest BCUT2D eigenvalue weighted by molar-refractivity contribution is 0.0699. The highest BCUT2D eigenvalue weighted by atomic mass is 16.5. The SMILES string of the molecule is CCc1nc2c(C(=O)O)cccc2n1Cc1ccon1. The summed E-state index contributed by atoms with van der Waals surface area (Å²) in [5, 5.41) is 13.1. The van der Waals surface area contributed by atoms with Gasteiger partial charge in [0.05, 0.1) is 17.6 Å². The Kier molecular flexibility index (Phi) is 2.98. The second kappa shape index (κ2) is 4.80. The molecule has 6 heteroatoms. The number of carbonyl (C=O) groups is 1. The maximum atomic E-state index is 11.3. The van der Waals surface area contributed by atoms with E-state index in [0.29, 0.717) is 18.5 Å². The highest BCUT2D eigenvalue weighted by molar-refractivity contribution is 6.01. The Morgan fingerprint density at radius 2 is 2.25 bits per heavy atom. The molecular weight excluding hydrogens is 258 g/mol. The first kappa shape index (κ1) is 12.4. The third-order valence-electron chi connectivity index (χ3n) is 3.22. The number of aryl methyl sites for hydroxylation is 1. The summed E-state index contributed by atoms with van der Waals surface area (Å²) >= 11 is 0. The van der Waals surface area contributed by atoms with Crippen LogP contribution in [0.15, 0.2) is 35.1 Å². The van der Waals surface area contributed by atoms with Crippen LogP contribution in [0.1, 0.15) is 28.8 Å². The van der Waals surface area contributed by atoms with Gasteiger partial charge in [-0.05, 0) is 12.1 Å². The highest BCUT2D eigenvalue weighted by Crippen LogP contribution is 2.21. The molecule has 0 spiro atoms. The van der Waals surface area contributed by atoms with E-state index in [0.717, 1.165) is 17.0 Å². The Balaban J connectivity index is 2.19. The minimum absolute atomic E-state index is 0.219. The molecule has 2 aromatic heterocycles. The molecule has 0 bridgehead atoms. The first-order valence-corrected chi connectivity index (χ1v) is 6.31. The summed E-state index contributed by atoms with van der Waals surface area (Å²) in [7, 11) is 0. The molecule has 0 aliphatic heterocycles. The lowest BCUT2D eigenvalue weighted by Gasteiger charge is -2.05. The van der Waals surface area contributed by atoms with E-state index < -0.39 is 5.97 Å². The molecule has 1 N–H and O–H groups in total. The van der Waals surface area contributed by atoms with Gasteiger partial charge in [-0.25, -0.2) is 9.78 Å². The zero-order valence-electron chi connectivity index (χ0n) is 10.9. The van der Waals surface area contributed by atoms with Gasteiger partial charge < -0.3 is 14.2 Å². The van der Waals surface area contributed by atoms with Crippen molar-refractivity contribution in [1.82, 2.24) is 14.7 Å². The van der Waals surface area contributed by atoms with Gasteiger partial charge >= 0.3 is 5.97 Å². The van der Waals surface area contributed by atoms with Gasteiger partial charge in [0.15, 0.2) is 0 Å². The topological polar surface area (TPSA) is 81.1 Å². The van der Waals surface area contributed by atoms with Gasteiger partial charge in [-0.15, -0.1) is 0 Å². The summed E-state index contributed by atoms with van der Waals surface area (Å²) < 4.78 is 6.80. The zero-order valence-corrected chi connectivity index (χ0v) is 10.9. The summed E-state index contributed by atoms with van der Waals surface area (Å²) in [5.74, 6) is -0.138. The molecule has 0 aliphatic rings. The average Bonchev–Trinajstić information content (AvgIpc) is 3.06. The number of hydrogen-bond acceptors (Lipinski definition) is 4. The van der Waals surface area contributed by atoms with E-state index in [-0.39, 0.29) is 5.56 Å². The predicted molar refractivity (Wildman–Crippen MR) is 71.7 cm³/mol. The Morgan fingerprint density at radius 1 is 1.40 bits per heavy atom. The third-order valence-corrected chi connectivity index (χ3v) is 3.22. The van der Waals surface area contributed by atoms with E-state index in [1.165, 1.54) is 6.26 Å². The number of carboxylic acids is 1. The number of nitrogens with zero attached hydrogens (tertiary/aromatic N) is 3. The molecule has 20 heavy (non-hydrogen) atoms. The molecule has 1 aromatic carbocycles. The van der Waals surface area contributed by atoms with Gasteiger partial charge in [0.25, 0.3) is 0 Å². The Morgan fingerprint density at radius 3 is 2.90 bits per heavy atom. The molecule has 2 heterocycles. The zero-order chi connectivity index (χ0) is 14.1. The summed E-state index contributed by atoms with van der Waals surface area (Å²) in [6, 6.07) is 6.95. The van der Waals surface area contributed by atoms with Crippen LogP contribution in [0.3, 0.4) is 0 Å². The molecule has 0 fully saturated rings. The van der Waals surface area contributed by atoms with Crippen LogP contribution in [-0.4, -0.2) is 25.8 Å². The van der Waals surface area contributed by atoms with Crippen LogP contribution in [0.4, 0.5) is 0 Å². The number of para-hydroxylation sites is 1. The van der Waals surface area contributed by atoms with Crippen molar-refractivity contribution in [3.8, 4) is 0 Å². The van der Waals surface area contributed by atoms with Gasteiger partial charge in [0, 0.05) is 12.5 Å². The van der Waals surface area contributed by atoms with E-state index in [1.54, 1.807) is 18.2 Å². The summed E-state index contributed by atoms with van der Waals surface area (Å²) in [6.45, 7) is 2.50. The number of benzene rings is 1. The fraction of sp³-hybridized carbons (Fsp3) is 0.214. The van der Waals surface area contributed by atoms with Gasteiger partial charge in [0.2, 0.25) is 0 Å². The molecule has 3 aromatic rings. The van der Waals surface area contributed by atoms with E-state index in [1.807, 2.05) is 17.6 Å². The van der Waals surface area contributed by atoms with E-state index in [4.69, 9.17) is 4.52 Å². The van der Waals surface area contributed by atoms with Crippen molar-refractivity contribution in [3.05, 3.63) is 47.6 Å². The van der Waals surface area contributed by atoms with Crippen molar-refractivity contribution in [3.63, 3.8) is 0 Å². The second-order valence-electron chi connectivity index (χ2n) is 4.44. The number of aromatic carboxylic acids is 1. The maximum Gasteiger partial charge on any atom is 0.337 e. The highest BCUT2D eigenvalue weighted by Gasteiger charge is 2.16. The van der Waals surface area contributed by atoms with Gasteiger partial charge in [0.1, 0.15) is 23.3 Å². The van der Waals surface area contributed by atoms with Crippen molar-refractivity contribution >= 4 is 17.0 Å². The van der Waals surface area contributed by atoms with Gasteiger partial charge in [-0.3, -0.25) is 0 Å². The number of imidazole rings is 1. The summed E-state index contributed by atoms with van der Waals surface area (Å²) in [5.41, 5.74) is 2.31. The maximum absolute atomic E-state index is 11.3. The summed E-state index contributed by atoms with van der Waals surface area (Å²) in [4.78, 5) is 15.7. The van der Waals surface area contributed by atoms with E-state index in [2.05, 4.69) is 10.1 Å². The quantitative estimate of drug-likeness (QED) is 0.787. The van der Waals surface area contributed by atoms with Crippen LogP contribution in [0.5, 0.6) is 0 Å². The molecule has 3 rings (SSSR count). The fourth-order valence-electron chi connectivity index (χ4n) is 2.30. The first-order valence-electron chi connectivity index (χ1n) is 6.31. The third kappa shape index (κ3) is 1.95. The first-order chi connectivity index (χ1) is 9.70. The normalized spacial score (nSPS) is 11.1. The molecular formula is C14H13N3O3. The Bertz CT molecular complexity index is 759. The number of fused-ring (bicyclic) bond motifs is 1. The molecule has 102 valence electrons. The summed E-state index contributed by atoms with van der Waals surface area (Å²) in [6.07, 6.45) is 2.23. The molecule has 0 amide bonds. The number of rotatable bonds is 4.